The van der Waals surface area contributed by atoms with Gasteiger partial charge >= 0.3 is 0 Å². The van der Waals surface area contributed by atoms with Crippen LogP contribution in [-0.2, 0) is 6.42 Å². The Morgan fingerprint density at radius 1 is 1.26 bits per heavy atom. The van der Waals surface area contributed by atoms with Gasteiger partial charge in [0.1, 0.15) is 11.6 Å². The lowest BCUT2D eigenvalue weighted by Crippen LogP contribution is -2.04. The molecule has 0 aliphatic heterocycles. The van der Waals surface area contributed by atoms with Crippen LogP contribution in [0, 0.1) is 5.92 Å². The molecule has 0 amide bonds. The van der Waals surface area contributed by atoms with Gasteiger partial charge in [0, 0.05) is 12.0 Å². The van der Waals surface area contributed by atoms with Gasteiger partial charge in [-0.1, -0.05) is 13.8 Å². The zero-order chi connectivity index (χ0) is 13.7. The summed E-state index contributed by atoms with van der Waals surface area (Å²) in [5, 5.41) is 7.06. The van der Waals surface area contributed by atoms with Crippen molar-refractivity contribution < 1.29 is 4.74 Å². The molecule has 0 bridgehead atoms. The van der Waals surface area contributed by atoms with Crippen LogP contribution in [0.25, 0.3) is 11.4 Å². The zero-order valence-corrected chi connectivity index (χ0v) is 11.4. The van der Waals surface area contributed by atoms with Crippen LogP contribution in [0.4, 0.5) is 0 Å². The molecule has 2 aromatic rings. The van der Waals surface area contributed by atoms with E-state index < -0.39 is 0 Å². The third-order valence-corrected chi connectivity index (χ3v) is 2.61. The van der Waals surface area contributed by atoms with E-state index in [1.165, 1.54) is 0 Å². The maximum atomic E-state index is 5.64. The number of rotatable bonds is 6. The molecule has 102 valence electrons. The SMILES string of the molecule is CC(C)COc1ccc(-c2n[nH]c(CCN)n2)cc1. The molecule has 1 heterocycles. The summed E-state index contributed by atoms with van der Waals surface area (Å²) in [6.45, 7) is 5.54. The third-order valence-electron chi connectivity index (χ3n) is 2.61. The molecule has 0 unspecified atom stereocenters. The number of hydrogen-bond donors (Lipinski definition) is 2. The minimum atomic E-state index is 0.520. The summed E-state index contributed by atoms with van der Waals surface area (Å²) in [6.07, 6.45) is 0.711. The number of ether oxygens (including phenoxy) is 1. The van der Waals surface area contributed by atoms with Crippen LogP contribution in [0.2, 0.25) is 0 Å². The molecule has 5 heteroatoms. The number of benzene rings is 1. The molecular weight excluding hydrogens is 240 g/mol. The second-order valence-corrected chi connectivity index (χ2v) is 4.87. The highest BCUT2D eigenvalue weighted by atomic mass is 16.5. The van der Waals surface area contributed by atoms with Gasteiger partial charge < -0.3 is 10.5 Å². The molecule has 5 nitrogen and oxygen atoms in total. The Morgan fingerprint density at radius 2 is 2.00 bits per heavy atom. The molecule has 0 aliphatic carbocycles. The Morgan fingerprint density at radius 3 is 2.63 bits per heavy atom. The van der Waals surface area contributed by atoms with E-state index in [-0.39, 0.29) is 0 Å². The van der Waals surface area contributed by atoms with Gasteiger partial charge in [-0.25, -0.2) is 4.98 Å². The van der Waals surface area contributed by atoms with E-state index in [1.54, 1.807) is 0 Å². The van der Waals surface area contributed by atoms with Crippen molar-refractivity contribution in [2.24, 2.45) is 11.7 Å². The molecule has 2 rings (SSSR count). The zero-order valence-electron chi connectivity index (χ0n) is 11.4. The summed E-state index contributed by atoms with van der Waals surface area (Å²) in [5.74, 6) is 2.90. The van der Waals surface area contributed by atoms with Crippen LogP contribution in [0.5, 0.6) is 5.75 Å². The van der Waals surface area contributed by atoms with Crippen molar-refractivity contribution >= 4 is 0 Å². The lowest BCUT2D eigenvalue weighted by Gasteiger charge is -2.08. The Kier molecular flexibility index (Phi) is 4.52. The van der Waals surface area contributed by atoms with Crippen LogP contribution in [0.3, 0.4) is 0 Å². The van der Waals surface area contributed by atoms with E-state index in [2.05, 4.69) is 29.0 Å². The number of nitrogens with one attached hydrogen (secondary N) is 1. The van der Waals surface area contributed by atoms with Crippen LogP contribution in [0.15, 0.2) is 24.3 Å². The van der Waals surface area contributed by atoms with Crippen molar-refractivity contribution in [3.05, 3.63) is 30.1 Å². The smallest absolute Gasteiger partial charge is 0.181 e. The number of aromatic amines is 1. The van der Waals surface area contributed by atoms with E-state index in [0.717, 1.165) is 23.7 Å². The predicted octanol–water partition coefficient (Wildman–Crippen LogP) is 2.01. The summed E-state index contributed by atoms with van der Waals surface area (Å²) < 4.78 is 5.64. The molecule has 0 radical (unpaired) electrons. The molecule has 1 aromatic heterocycles. The average Bonchev–Trinajstić information content (AvgIpc) is 2.86. The quantitative estimate of drug-likeness (QED) is 0.833. The van der Waals surface area contributed by atoms with Gasteiger partial charge in [-0.05, 0) is 36.7 Å². The van der Waals surface area contributed by atoms with Gasteiger partial charge in [0.05, 0.1) is 6.61 Å². The molecule has 0 fully saturated rings. The summed E-state index contributed by atoms with van der Waals surface area (Å²) >= 11 is 0. The first kappa shape index (κ1) is 13.5. The van der Waals surface area contributed by atoms with Crippen molar-refractivity contribution in [2.45, 2.75) is 20.3 Å². The number of H-pyrrole nitrogens is 1. The van der Waals surface area contributed by atoms with Gasteiger partial charge in [-0.15, -0.1) is 0 Å². The van der Waals surface area contributed by atoms with E-state index >= 15 is 0 Å². The van der Waals surface area contributed by atoms with E-state index in [9.17, 15) is 0 Å². The van der Waals surface area contributed by atoms with Crippen LogP contribution in [0.1, 0.15) is 19.7 Å². The number of hydrogen-bond acceptors (Lipinski definition) is 4. The maximum Gasteiger partial charge on any atom is 0.181 e. The first-order valence-electron chi connectivity index (χ1n) is 6.53. The van der Waals surface area contributed by atoms with Gasteiger partial charge in [0.2, 0.25) is 0 Å². The Hall–Kier alpha value is -1.88. The molecule has 0 saturated carbocycles. The summed E-state index contributed by atoms with van der Waals surface area (Å²) in [5.41, 5.74) is 6.45. The summed E-state index contributed by atoms with van der Waals surface area (Å²) in [4.78, 5) is 4.39. The lowest BCUT2D eigenvalue weighted by molar-refractivity contribution is 0.271. The standard InChI is InChI=1S/C14H20N4O/c1-10(2)9-19-12-5-3-11(4-6-12)14-16-13(7-8-15)17-18-14/h3-6,10H,7-9,15H2,1-2H3,(H,16,17,18). The van der Waals surface area contributed by atoms with Crippen molar-refractivity contribution in [1.29, 1.82) is 0 Å². The Labute approximate surface area is 113 Å². The van der Waals surface area contributed by atoms with Crippen LogP contribution < -0.4 is 10.5 Å². The molecule has 0 saturated heterocycles. The van der Waals surface area contributed by atoms with Gasteiger partial charge in [0.15, 0.2) is 5.82 Å². The van der Waals surface area contributed by atoms with Gasteiger partial charge in [-0.2, -0.15) is 5.10 Å². The normalized spacial score (nSPS) is 10.9. The lowest BCUT2D eigenvalue weighted by atomic mass is 10.2. The van der Waals surface area contributed by atoms with Crippen LogP contribution >= 0.6 is 0 Å². The number of nitrogens with two attached hydrogens (primary N) is 1. The maximum absolute atomic E-state index is 5.64. The molecular formula is C14H20N4O. The fourth-order valence-electron chi connectivity index (χ4n) is 1.64. The van der Waals surface area contributed by atoms with Crippen molar-refractivity contribution in [2.75, 3.05) is 13.2 Å². The largest absolute Gasteiger partial charge is 0.493 e. The first-order valence-corrected chi connectivity index (χ1v) is 6.53. The fourth-order valence-corrected chi connectivity index (χ4v) is 1.64. The predicted molar refractivity (Wildman–Crippen MR) is 74.9 cm³/mol. The van der Waals surface area contributed by atoms with Crippen molar-refractivity contribution in [3.63, 3.8) is 0 Å². The highest BCUT2D eigenvalue weighted by Gasteiger charge is 2.05. The summed E-state index contributed by atoms with van der Waals surface area (Å²) in [7, 11) is 0. The molecule has 0 aliphatic rings. The van der Waals surface area contributed by atoms with Gasteiger partial charge in [0.25, 0.3) is 0 Å². The number of nitrogens with zero attached hydrogens (tertiary/aromatic N) is 2. The topological polar surface area (TPSA) is 76.8 Å². The fraction of sp³-hybridized carbons (Fsp3) is 0.429. The molecule has 1 aromatic carbocycles. The molecule has 0 atom stereocenters. The molecule has 0 spiro atoms. The Bertz CT molecular complexity index is 504. The molecule has 19 heavy (non-hydrogen) atoms. The average molecular weight is 260 g/mol. The van der Waals surface area contributed by atoms with E-state index in [0.29, 0.717) is 24.7 Å². The van der Waals surface area contributed by atoms with Crippen molar-refractivity contribution in [1.82, 2.24) is 15.2 Å². The van der Waals surface area contributed by atoms with E-state index in [1.807, 2.05) is 24.3 Å². The first-order chi connectivity index (χ1) is 9.19. The van der Waals surface area contributed by atoms with Crippen LogP contribution in [-0.4, -0.2) is 28.3 Å². The van der Waals surface area contributed by atoms with Crippen molar-refractivity contribution in [3.8, 4) is 17.1 Å². The highest BCUT2D eigenvalue weighted by Crippen LogP contribution is 2.19. The molecule has 3 N–H and O–H groups in total. The monoisotopic (exact) mass is 260 g/mol. The highest BCUT2D eigenvalue weighted by molar-refractivity contribution is 5.55. The minimum Gasteiger partial charge on any atom is -0.493 e. The number of aromatic nitrogens is 3. The minimum absolute atomic E-state index is 0.520. The Balaban J connectivity index is 2.04. The second kappa shape index (κ2) is 6.33. The van der Waals surface area contributed by atoms with Gasteiger partial charge in [-0.3, -0.25) is 5.10 Å². The second-order valence-electron chi connectivity index (χ2n) is 4.87. The third kappa shape index (κ3) is 3.79. The van der Waals surface area contributed by atoms with E-state index in [4.69, 9.17) is 10.5 Å². The summed E-state index contributed by atoms with van der Waals surface area (Å²) in [6, 6.07) is 7.81.